The van der Waals surface area contributed by atoms with Crippen LogP contribution in [0.5, 0.6) is 0 Å². The summed E-state index contributed by atoms with van der Waals surface area (Å²) in [5, 5.41) is 8.35. The second-order valence-electron chi connectivity index (χ2n) is 3.08. The van der Waals surface area contributed by atoms with Gasteiger partial charge in [-0.2, -0.15) is 5.26 Å². The molecule has 0 aromatic heterocycles. The van der Waals surface area contributed by atoms with Crippen LogP contribution in [0.4, 0.5) is 0 Å². The van der Waals surface area contributed by atoms with Crippen molar-refractivity contribution in [3.8, 4) is 6.07 Å². The van der Waals surface area contributed by atoms with Crippen molar-refractivity contribution in [3.05, 3.63) is 11.9 Å². The molecule has 0 radical (unpaired) electrons. The van der Waals surface area contributed by atoms with E-state index in [2.05, 4.69) is 33.5 Å². The third-order valence-corrected chi connectivity index (χ3v) is 4.39. The lowest BCUT2D eigenvalue weighted by molar-refractivity contribution is 1.02. The van der Waals surface area contributed by atoms with Gasteiger partial charge in [0.2, 0.25) is 0 Å². The van der Waals surface area contributed by atoms with E-state index in [1.54, 1.807) is 6.08 Å². The first kappa shape index (κ1) is 10.7. The third-order valence-electron chi connectivity index (χ3n) is 1.51. The Morgan fingerprint density at radius 1 is 1.18 bits per heavy atom. The molecule has 0 aliphatic rings. The lowest BCUT2D eigenvalue weighted by Gasteiger charge is -2.21. The molecule has 0 N–H and O–H groups in total. The van der Waals surface area contributed by atoms with Crippen molar-refractivity contribution in [1.29, 1.82) is 5.26 Å². The van der Waals surface area contributed by atoms with Gasteiger partial charge in [0.05, 0.1) is 6.07 Å². The van der Waals surface area contributed by atoms with E-state index >= 15 is 0 Å². The summed E-state index contributed by atoms with van der Waals surface area (Å²) < 4.78 is 0. The highest BCUT2D eigenvalue weighted by Crippen LogP contribution is 2.46. The van der Waals surface area contributed by atoms with Crippen LogP contribution in [0.1, 0.15) is 27.7 Å². The molecule has 2 heteroatoms. The first-order valence-electron chi connectivity index (χ1n) is 3.93. The highest BCUT2D eigenvalue weighted by molar-refractivity contribution is 7.62. The van der Waals surface area contributed by atoms with Crippen LogP contribution in [-0.4, -0.2) is 11.3 Å². The zero-order valence-corrected chi connectivity index (χ0v) is 8.60. The average molecular weight is 169 g/mol. The van der Waals surface area contributed by atoms with Crippen molar-refractivity contribution in [2.45, 2.75) is 39.0 Å². The van der Waals surface area contributed by atoms with Crippen molar-refractivity contribution >= 4 is 7.92 Å². The first-order valence-corrected chi connectivity index (χ1v) is 5.48. The minimum atomic E-state index is -0.0876. The summed E-state index contributed by atoms with van der Waals surface area (Å²) in [7, 11) is -0.0876. The normalized spacial score (nSPS) is 11.8. The molecular formula is C9H16NP. The van der Waals surface area contributed by atoms with Gasteiger partial charge in [0, 0.05) is 6.08 Å². The Morgan fingerprint density at radius 3 is 1.91 bits per heavy atom. The van der Waals surface area contributed by atoms with Gasteiger partial charge >= 0.3 is 0 Å². The van der Waals surface area contributed by atoms with Gasteiger partial charge in [-0.1, -0.05) is 35.6 Å². The standard InChI is InChI=1S/C9H16NP/c1-8(2)11(9(3)4)7-5-6-10/h5,7-9H,1-4H3/b7-5-. The molecule has 0 unspecified atom stereocenters. The second-order valence-corrected chi connectivity index (χ2v) is 6.34. The van der Waals surface area contributed by atoms with Gasteiger partial charge in [-0.15, -0.1) is 0 Å². The Kier molecular flexibility index (Phi) is 5.16. The number of allylic oxidation sites excluding steroid dienone is 1. The molecule has 0 saturated heterocycles. The fourth-order valence-electron chi connectivity index (χ4n) is 1.06. The van der Waals surface area contributed by atoms with Crippen LogP contribution in [0.15, 0.2) is 11.9 Å². The molecule has 1 nitrogen and oxygen atoms in total. The van der Waals surface area contributed by atoms with Crippen LogP contribution in [-0.2, 0) is 0 Å². The van der Waals surface area contributed by atoms with Crippen LogP contribution in [0.2, 0.25) is 0 Å². The van der Waals surface area contributed by atoms with E-state index in [0.717, 1.165) is 0 Å². The van der Waals surface area contributed by atoms with Crippen molar-refractivity contribution in [2.24, 2.45) is 0 Å². The fraction of sp³-hybridized carbons (Fsp3) is 0.667. The molecule has 0 fully saturated rings. The third kappa shape index (κ3) is 4.17. The Labute approximate surface area is 70.9 Å². The number of nitriles is 1. The number of hydrogen-bond donors (Lipinski definition) is 0. The van der Waals surface area contributed by atoms with Gasteiger partial charge in [-0.05, 0) is 17.1 Å². The van der Waals surface area contributed by atoms with E-state index in [9.17, 15) is 0 Å². The first-order chi connectivity index (χ1) is 5.09. The summed E-state index contributed by atoms with van der Waals surface area (Å²) in [5.41, 5.74) is 1.38. The Morgan fingerprint density at radius 2 is 1.64 bits per heavy atom. The average Bonchev–Trinajstić information content (AvgIpc) is 1.87. The van der Waals surface area contributed by atoms with Crippen molar-refractivity contribution in [3.63, 3.8) is 0 Å². The summed E-state index contributed by atoms with van der Waals surface area (Å²) in [6.07, 6.45) is 1.62. The monoisotopic (exact) mass is 169 g/mol. The molecule has 0 aliphatic carbocycles. The van der Waals surface area contributed by atoms with E-state index in [4.69, 9.17) is 5.26 Å². The maximum atomic E-state index is 8.35. The van der Waals surface area contributed by atoms with Crippen molar-refractivity contribution < 1.29 is 0 Å². The van der Waals surface area contributed by atoms with E-state index in [1.807, 2.05) is 6.07 Å². The second kappa shape index (κ2) is 5.33. The molecule has 0 saturated carbocycles. The summed E-state index contributed by atoms with van der Waals surface area (Å²) in [5.74, 6) is 2.07. The molecule has 62 valence electrons. The van der Waals surface area contributed by atoms with E-state index in [0.29, 0.717) is 11.3 Å². The predicted octanol–water partition coefficient (Wildman–Crippen LogP) is 3.32. The van der Waals surface area contributed by atoms with Crippen LogP contribution < -0.4 is 0 Å². The van der Waals surface area contributed by atoms with Gasteiger partial charge in [0.1, 0.15) is 0 Å². The summed E-state index contributed by atoms with van der Waals surface area (Å²) in [6.45, 7) is 8.86. The molecule has 0 rings (SSSR count). The lowest BCUT2D eigenvalue weighted by Crippen LogP contribution is -2.00. The van der Waals surface area contributed by atoms with Crippen LogP contribution in [0.25, 0.3) is 0 Å². The molecule has 0 amide bonds. The van der Waals surface area contributed by atoms with Gasteiger partial charge in [0.25, 0.3) is 0 Å². The van der Waals surface area contributed by atoms with Crippen molar-refractivity contribution in [2.75, 3.05) is 0 Å². The minimum absolute atomic E-state index is 0.0876. The predicted molar refractivity (Wildman–Crippen MR) is 51.9 cm³/mol. The highest BCUT2D eigenvalue weighted by atomic mass is 31.1. The van der Waals surface area contributed by atoms with Gasteiger partial charge < -0.3 is 0 Å². The maximum Gasteiger partial charge on any atom is 0.0912 e. The molecule has 0 aliphatic heterocycles. The molecule has 0 bridgehead atoms. The Hall–Kier alpha value is -0.340. The largest absolute Gasteiger partial charge is 0.193 e. The molecule has 11 heavy (non-hydrogen) atoms. The number of rotatable bonds is 3. The summed E-state index contributed by atoms with van der Waals surface area (Å²) >= 11 is 0. The summed E-state index contributed by atoms with van der Waals surface area (Å²) in [6, 6.07) is 2.04. The molecular weight excluding hydrogens is 153 g/mol. The maximum absolute atomic E-state index is 8.35. The molecule has 0 heterocycles. The van der Waals surface area contributed by atoms with E-state index in [-0.39, 0.29) is 7.92 Å². The van der Waals surface area contributed by atoms with Crippen LogP contribution in [0, 0.1) is 11.3 Å². The van der Waals surface area contributed by atoms with E-state index < -0.39 is 0 Å². The van der Waals surface area contributed by atoms with Gasteiger partial charge in [-0.3, -0.25) is 0 Å². The van der Waals surface area contributed by atoms with Crippen LogP contribution >= 0.6 is 7.92 Å². The topological polar surface area (TPSA) is 23.8 Å². The quantitative estimate of drug-likeness (QED) is 0.469. The summed E-state index contributed by atoms with van der Waals surface area (Å²) in [4.78, 5) is 0. The zero-order chi connectivity index (χ0) is 8.85. The Bertz CT molecular complexity index is 157. The van der Waals surface area contributed by atoms with Crippen molar-refractivity contribution in [1.82, 2.24) is 0 Å². The van der Waals surface area contributed by atoms with Gasteiger partial charge in [0.15, 0.2) is 0 Å². The fourth-order valence-corrected chi connectivity index (χ4v) is 3.18. The lowest BCUT2D eigenvalue weighted by atomic mass is 10.5. The van der Waals surface area contributed by atoms with Crippen LogP contribution in [0.3, 0.4) is 0 Å². The smallest absolute Gasteiger partial charge is 0.0912 e. The molecule has 0 aromatic carbocycles. The number of nitrogens with zero attached hydrogens (tertiary/aromatic N) is 1. The molecule has 0 aromatic rings. The highest BCUT2D eigenvalue weighted by Gasteiger charge is 2.12. The van der Waals surface area contributed by atoms with E-state index in [1.165, 1.54) is 0 Å². The SMILES string of the molecule is CC(C)P(/C=C\C#N)C(C)C. The minimum Gasteiger partial charge on any atom is -0.193 e. The molecule has 0 spiro atoms. The Balaban J connectivity index is 4.14. The number of hydrogen-bond acceptors (Lipinski definition) is 1. The zero-order valence-electron chi connectivity index (χ0n) is 7.70. The molecule has 0 atom stereocenters. The van der Waals surface area contributed by atoms with Gasteiger partial charge in [-0.25, -0.2) is 0 Å².